The average Bonchev–Trinajstić information content (AvgIpc) is 3.20. The number of hydrogen-bond acceptors (Lipinski definition) is 6. The summed E-state index contributed by atoms with van der Waals surface area (Å²) in [4.78, 5) is 19.9. The molecule has 35 heavy (non-hydrogen) atoms. The van der Waals surface area contributed by atoms with Crippen LogP contribution in [0.25, 0.3) is 11.1 Å². The van der Waals surface area contributed by atoms with Gasteiger partial charge in [-0.05, 0) is 60.9 Å². The zero-order chi connectivity index (χ0) is 25.0. The summed E-state index contributed by atoms with van der Waals surface area (Å²) in [6, 6.07) is 6.41. The molecule has 3 aliphatic rings. The van der Waals surface area contributed by atoms with Crippen LogP contribution in [0.1, 0.15) is 44.4 Å². The number of anilines is 2. The van der Waals surface area contributed by atoms with E-state index in [4.69, 9.17) is 4.74 Å². The minimum absolute atomic E-state index is 0.0448. The highest BCUT2D eigenvalue weighted by Gasteiger charge is 2.56. The van der Waals surface area contributed by atoms with Crippen molar-refractivity contribution >= 4 is 17.6 Å². The van der Waals surface area contributed by atoms with E-state index >= 15 is 0 Å². The van der Waals surface area contributed by atoms with Gasteiger partial charge in [-0.15, -0.1) is 0 Å². The lowest BCUT2D eigenvalue weighted by atomic mass is 9.61. The Morgan fingerprint density at radius 3 is 2.74 bits per heavy atom. The summed E-state index contributed by atoms with van der Waals surface area (Å²) in [5, 5.41) is 7.37. The van der Waals surface area contributed by atoms with E-state index in [1.54, 1.807) is 16.9 Å². The fourth-order valence-electron chi connectivity index (χ4n) is 5.44. The molecule has 1 aromatic carbocycles. The van der Waals surface area contributed by atoms with E-state index in [1.165, 1.54) is 0 Å². The molecule has 2 atom stereocenters. The number of aryl methyl sites for hydroxylation is 1. The van der Waals surface area contributed by atoms with Crippen LogP contribution >= 0.6 is 0 Å². The normalized spacial score (nSPS) is 23.3. The van der Waals surface area contributed by atoms with E-state index in [-0.39, 0.29) is 23.3 Å². The number of nitrogens with one attached hydrogen (secondary N) is 1. The molecule has 184 valence electrons. The molecule has 2 bridgehead atoms. The Morgan fingerprint density at radius 1 is 1.23 bits per heavy atom. The van der Waals surface area contributed by atoms with Gasteiger partial charge in [0.1, 0.15) is 11.3 Å². The third-order valence-electron chi connectivity index (χ3n) is 6.91. The molecule has 1 saturated carbocycles. The first-order chi connectivity index (χ1) is 16.4. The van der Waals surface area contributed by atoms with Gasteiger partial charge in [0.05, 0.1) is 18.7 Å². The molecule has 2 saturated heterocycles. The number of rotatable bonds is 5. The van der Waals surface area contributed by atoms with Gasteiger partial charge in [-0.2, -0.15) is 18.3 Å². The van der Waals surface area contributed by atoms with Crippen molar-refractivity contribution < 1.29 is 22.7 Å². The van der Waals surface area contributed by atoms with Gasteiger partial charge in [0.25, 0.3) is 0 Å². The molecule has 2 aliphatic heterocycles. The lowest BCUT2D eigenvalue weighted by Gasteiger charge is -2.53. The summed E-state index contributed by atoms with van der Waals surface area (Å²) in [7, 11) is 0. The largest absolute Gasteiger partial charge is 0.457 e. The molecule has 6 rings (SSSR count). The maximum atomic E-state index is 13.0. The Kier molecular flexibility index (Phi) is 5.37. The first-order valence-corrected chi connectivity index (χ1v) is 11.5. The van der Waals surface area contributed by atoms with Gasteiger partial charge in [0.2, 0.25) is 5.95 Å². The molecule has 1 aliphatic carbocycles. The maximum Gasteiger partial charge on any atom is 0.433 e. The molecule has 0 amide bonds. The van der Waals surface area contributed by atoms with Crippen molar-refractivity contribution in [3.8, 4) is 11.1 Å². The summed E-state index contributed by atoms with van der Waals surface area (Å²) in [5.74, 6) is -0.300. The van der Waals surface area contributed by atoms with Crippen LogP contribution in [-0.2, 0) is 22.3 Å². The number of alkyl halides is 3. The molecule has 2 unspecified atom stereocenters. The number of fused-ring (bicyclic) bond motifs is 3. The number of hydrogen-bond donors (Lipinski definition) is 1. The molecular weight excluding hydrogens is 459 g/mol. The molecule has 1 N–H and O–H groups in total. The molecule has 2 aromatic heterocycles. The molecule has 0 spiro atoms. The van der Waals surface area contributed by atoms with Gasteiger partial charge >= 0.3 is 12.1 Å². The zero-order valence-corrected chi connectivity index (χ0v) is 19.7. The highest BCUT2D eigenvalue weighted by molar-refractivity contribution is 5.76. The number of benzene rings is 1. The number of halogens is 3. The maximum absolute atomic E-state index is 13.0. The third-order valence-corrected chi connectivity index (χ3v) is 6.91. The third kappa shape index (κ3) is 4.61. The first kappa shape index (κ1) is 23.3. The second kappa shape index (κ2) is 8.07. The molecule has 4 heterocycles. The number of carbonyl (C=O) groups excluding carboxylic acids is 1. The van der Waals surface area contributed by atoms with Crippen molar-refractivity contribution in [3.05, 3.63) is 54.1 Å². The quantitative estimate of drug-likeness (QED) is 0.479. The number of nitrogens with zero attached hydrogens (tertiary/aromatic N) is 4. The topological polar surface area (TPSA) is 81.9 Å². The fraction of sp³-hybridized carbons (Fsp3) is 0.440. The minimum atomic E-state index is -4.55. The van der Waals surface area contributed by atoms with Crippen molar-refractivity contribution in [2.24, 2.45) is 11.3 Å². The highest BCUT2D eigenvalue weighted by Crippen LogP contribution is 2.52. The average molecular weight is 486 g/mol. The summed E-state index contributed by atoms with van der Waals surface area (Å²) >= 11 is 0. The van der Waals surface area contributed by atoms with Crippen LogP contribution in [0, 0.1) is 18.3 Å². The predicted molar refractivity (Wildman–Crippen MR) is 123 cm³/mol. The molecule has 7 nitrogen and oxygen atoms in total. The van der Waals surface area contributed by atoms with E-state index in [0.29, 0.717) is 12.2 Å². The van der Waals surface area contributed by atoms with Crippen molar-refractivity contribution in [2.45, 2.75) is 58.4 Å². The van der Waals surface area contributed by atoms with Gasteiger partial charge in [-0.1, -0.05) is 19.9 Å². The standard InChI is InChI=1S/C25H26F3N5O2/c1-15-8-16(10-18(9-15)31-22-29-7-5-20(32-22)25(26,27)28)17-11-30-33(12-17)14-24-6-4-19(21(34)35-24)23(2,3)13-24/h5,7-12,19H,4,6,13-14H2,1-3H3,(H,29,31,32). The van der Waals surface area contributed by atoms with Crippen LogP contribution in [0.15, 0.2) is 42.9 Å². The second-order valence-corrected chi connectivity index (χ2v) is 10.3. The van der Waals surface area contributed by atoms with Crippen molar-refractivity contribution in [2.75, 3.05) is 5.32 Å². The molecule has 3 fully saturated rings. The smallest absolute Gasteiger partial charge is 0.433 e. The van der Waals surface area contributed by atoms with Gasteiger partial charge in [0, 0.05) is 23.6 Å². The summed E-state index contributed by atoms with van der Waals surface area (Å²) < 4.78 is 46.6. The molecule has 10 heteroatoms. The van der Waals surface area contributed by atoms with Crippen LogP contribution in [0.5, 0.6) is 0 Å². The van der Waals surface area contributed by atoms with Crippen LogP contribution in [0.3, 0.4) is 0 Å². The molecular formula is C25H26F3N5O2. The van der Waals surface area contributed by atoms with Crippen molar-refractivity contribution in [1.82, 2.24) is 19.7 Å². The van der Waals surface area contributed by atoms with Gasteiger partial charge in [-0.3, -0.25) is 9.48 Å². The number of esters is 1. The zero-order valence-electron chi connectivity index (χ0n) is 19.7. The van der Waals surface area contributed by atoms with Crippen LogP contribution < -0.4 is 5.32 Å². The Hall–Kier alpha value is -3.43. The lowest BCUT2D eigenvalue weighted by Crippen LogP contribution is -2.57. The van der Waals surface area contributed by atoms with E-state index in [0.717, 1.165) is 48.2 Å². The Bertz CT molecular complexity index is 1290. The summed E-state index contributed by atoms with van der Waals surface area (Å²) in [6.07, 6.45) is 2.59. The molecule has 3 aromatic rings. The number of aromatic nitrogens is 4. The Labute approximate surface area is 200 Å². The van der Waals surface area contributed by atoms with Gasteiger partial charge in [0.15, 0.2) is 0 Å². The SMILES string of the molecule is Cc1cc(Nc2nccc(C(F)(F)F)n2)cc(-c2cnn(CC34CCC(C(=O)O3)C(C)(C)C4)c2)c1. The van der Waals surface area contributed by atoms with E-state index in [9.17, 15) is 18.0 Å². The van der Waals surface area contributed by atoms with Crippen LogP contribution in [0.2, 0.25) is 0 Å². The van der Waals surface area contributed by atoms with E-state index in [2.05, 4.69) is 34.2 Å². The highest BCUT2D eigenvalue weighted by atomic mass is 19.4. The first-order valence-electron chi connectivity index (χ1n) is 11.5. The lowest BCUT2D eigenvalue weighted by molar-refractivity contribution is -0.210. The van der Waals surface area contributed by atoms with Gasteiger partial charge < -0.3 is 10.1 Å². The number of carbonyl (C=O) groups is 1. The molecule has 0 radical (unpaired) electrons. The predicted octanol–water partition coefficient (Wildman–Crippen LogP) is 5.53. The van der Waals surface area contributed by atoms with Crippen molar-refractivity contribution in [1.29, 1.82) is 0 Å². The van der Waals surface area contributed by atoms with Crippen LogP contribution in [0.4, 0.5) is 24.8 Å². The Morgan fingerprint density at radius 2 is 2.03 bits per heavy atom. The minimum Gasteiger partial charge on any atom is -0.457 e. The number of ether oxygens (including phenoxy) is 1. The van der Waals surface area contributed by atoms with E-state index in [1.807, 2.05) is 25.3 Å². The van der Waals surface area contributed by atoms with Crippen molar-refractivity contribution in [3.63, 3.8) is 0 Å². The fourth-order valence-corrected chi connectivity index (χ4v) is 5.44. The summed E-state index contributed by atoms with van der Waals surface area (Å²) in [5.41, 5.74) is 1.48. The van der Waals surface area contributed by atoms with Crippen LogP contribution in [-0.4, -0.2) is 31.3 Å². The monoisotopic (exact) mass is 485 g/mol. The Balaban J connectivity index is 1.37. The second-order valence-electron chi connectivity index (χ2n) is 10.3. The van der Waals surface area contributed by atoms with Gasteiger partial charge in [-0.25, -0.2) is 9.97 Å². The van der Waals surface area contributed by atoms with E-state index < -0.39 is 17.5 Å². The summed E-state index contributed by atoms with van der Waals surface area (Å²) in [6.45, 7) is 6.61.